The minimum atomic E-state index is -0.273. The predicted molar refractivity (Wildman–Crippen MR) is 127 cm³/mol. The highest BCUT2D eigenvalue weighted by atomic mass is 16.2. The van der Waals surface area contributed by atoms with Gasteiger partial charge in [-0.3, -0.25) is 4.79 Å². The van der Waals surface area contributed by atoms with E-state index in [0.717, 1.165) is 17.7 Å². The van der Waals surface area contributed by atoms with Gasteiger partial charge in [0.1, 0.15) is 0 Å². The molecular formula is C28H30N2O. The van der Waals surface area contributed by atoms with Crippen LogP contribution < -0.4 is 5.43 Å². The second kappa shape index (κ2) is 8.14. The lowest BCUT2D eigenvalue weighted by molar-refractivity contribution is -0.122. The molecule has 1 saturated carbocycles. The fraction of sp³-hybridized carbons (Fsp3) is 0.286. The Morgan fingerprint density at radius 2 is 1.39 bits per heavy atom. The number of nitrogens with one attached hydrogen (secondary N) is 1. The van der Waals surface area contributed by atoms with Gasteiger partial charge >= 0.3 is 0 Å². The number of carbonyl (C=O) groups excluding carboxylic acids is 1. The maximum absolute atomic E-state index is 13.1. The van der Waals surface area contributed by atoms with E-state index in [1.807, 2.05) is 43.3 Å². The molecule has 0 radical (unpaired) electrons. The Bertz CT molecular complexity index is 1040. The van der Waals surface area contributed by atoms with Crippen molar-refractivity contribution in [3.8, 4) is 0 Å². The molecule has 1 unspecified atom stereocenters. The Hall–Kier alpha value is -3.20. The fourth-order valence-electron chi connectivity index (χ4n) is 4.35. The maximum Gasteiger partial charge on any atom is 0.244 e. The zero-order chi connectivity index (χ0) is 22.1. The highest BCUT2D eigenvalue weighted by molar-refractivity contribution is 5.99. The summed E-state index contributed by atoms with van der Waals surface area (Å²) in [6.45, 7) is 8.53. The highest BCUT2D eigenvalue weighted by Crippen LogP contribution is 2.58. The Labute approximate surface area is 185 Å². The molecule has 3 aromatic carbocycles. The third-order valence-electron chi connectivity index (χ3n) is 6.36. The first-order valence-corrected chi connectivity index (χ1v) is 10.9. The zero-order valence-corrected chi connectivity index (χ0v) is 18.7. The van der Waals surface area contributed by atoms with Crippen LogP contribution in [0.25, 0.3) is 0 Å². The van der Waals surface area contributed by atoms with E-state index in [1.54, 1.807) is 0 Å². The number of hydrazone groups is 1. The summed E-state index contributed by atoms with van der Waals surface area (Å²) in [4.78, 5) is 13.1. The van der Waals surface area contributed by atoms with E-state index in [2.05, 4.69) is 79.8 Å². The Balaban J connectivity index is 1.52. The van der Waals surface area contributed by atoms with Crippen LogP contribution in [0.1, 0.15) is 56.4 Å². The summed E-state index contributed by atoms with van der Waals surface area (Å²) in [5, 5.41) is 4.42. The molecular weight excluding hydrogens is 380 g/mol. The van der Waals surface area contributed by atoms with Crippen LogP contribution in [0.5, 0.6) is 0 Å². The molecule has 0 spiro atoms. The van der Waals surface area contributed by atoms with Crippen LogP contribution in [0.4, 0.5) is 0 Å². The molecule has 1 aliphatic rings. The number of carbonyl (C=O) groups is 1. The summed E-state index contributed by atoms with van der Waals surface area (Å²) in [6.07, 6.45) is 0.793. The zero-order valence-electron chi connectivity index (χ0n) is 18.7. The smallest absolute Gasteiger partial charge is 0.244 e. The van der Waals surface area contributed by atoms with Gasteiger partial charge in [0.25, 0.3) is 0 Å². The summed E-state index contributed by atoms with van der Waals surface area (Å²) >= 11 is 0. The van der Waals surface area contributed by atoms with Gasteiger partial charge in [-0.2, -0.15) is 5.10 Å². The van der Waals surface area contributed by atoms with E-state index in [9.17, 15) is 4.79 Å². The van der Waals surface area contributed by atoms with Crippen molar-refractivity contribution >= 4 is 11.6 Å². The van der Waals surface area contributed by atoms with Crippen molar-refractivity contribution in [2.75, 3.05) is 0 Å². The molecule has 3 aromatic rings. The van der Waals surface area contributed by atoms with Crippen LogP contribution in [0.15, 0.2) is 90.0 Å². The SMILES string of the molecule is C/C(=N\NC(=O)C1CC1(c1ccccc1)c1ccccc1)c1ccc(C(C)(C)C)cc1. The van der Waals surface area contributed by atoms with E-state index >= 15 is 0 Å². The first-order valence-electron chi connectivity index (χ1n) is 10.9. The van der Waals surface area contributed by atoms with Gasteiger partial charge in [0.2, 0.25) is 5.91 Å². The van der Waals surface area contributed by atoms with Gasteiger partial charge in [0, 0.05) is 5.41 Å². The van der Waals surface area contributed by atoms with Gasteiger partial charge in [0.15, 0.2) is 0 Å². The predicted octanol–water partition coefficient (Wildman–Crippen LogP) is 5.83. The number of hydrogen-bond acceptors (Lipinski definition) is 2. The Morgan fingerprint density at radius 3 is 1.87 bits per heavy atom. The standard InChI is InChI=1S/C28H30N2O/c1-20(21-15-17-22(18-16-21)27(2,3)4)29-30-26(31)25-19-28(25,23-11-7-5-8-12-23)24-13-9-6-10-14-24/h5-18,25H,19H2,1-4H3,(H,30,31)/b29-20+. The molecule has 0 heterocycles. The lowest BCUT2D eigenvalue weighted by Crippen LogP contribution is -2.26. The summed E-state index contributed by atoms with van der Waals surface area (Å²) in [7, 11) is 0. The summed E-state index contributed by atoms with van der Waals surface area (Å²) in [6, 6.07) is 29.0. The van der Waals surface area contributed by atoms with Crippen LogP contribution in [0.2, 0.25) is 0 Å². The van der Waals surface area contributed by atoms with Crippen LogP contribution in [0.3, 0.4) is 0 Å². The van der Waals surface area contributed by atoms with E-state index < -0.39 is 0 Å². The van der Waals surface area contributed by atoms with Crippen molar-refractivity contribution in [1.82, 2.24) is 5.43 Å². The van der Waals surface area contributed by atoms with E-state index in [1.165, 1.54) is 16.7 Å². The molecule has 1 aliphatic carbocycles. The molecule has 0 aromatic heterocycles. The maximum atomic E-state index is 13.1. The minimum Gasteiger partial charge on any atom is -0.273 e. The summed E-state index contributed by atoms with van der Waals surface area (Å²) < 4.78 is 0. The molecule has 3 heteroatoms. The monoisotopic (exact) mass is 410 g/mol. The molecule has 4 rings (SSSR count). The second-order valence-electron chi connectivity index (χ2n) is 9.46. The number of nitrogens with zero attached hydrogens (tertiary/aromatic N) is 1. The van der Waals surface area contributed by atoms with Gasteiger partial charge < -0.3 is 0 Å². The minimum absolute atomic E-state index is 0.0293. The molecule has 1 amide bonds. The second-order valence-corrected chi connectivity index (χ2v) is 9.46. The molecule has 0 bridgehead atoms. The van der Waals surface area contributed by atoms with Gasteiger partial charge in [0.05, 0.1) is 11.6 Å². The molecule has 1 N–H and O–H groups in total. The van der Waals surface area contributed by atoms with Crippen molar-refractivity contribution in [3.63, 3.8) is 0 Å². The van der Waals surface area contributed by atoms with Crippen LogP contribution in [0, 0.1) is 5.92 Å². The molecule has 31 heavy (non-hydrogen) atoms. The molecule has 158 valence electrons. The molecule has 1 fully saturated rings. The number of amides is 1. The Morgan fingerprint density at radius 1 is 0.871 bits per heavy atom. The quantitative estimate of drug-likeness (QED) is 0.417. The number of benzene rings is 3. The molecule has 1 atom stereocenters. The largest absolute Gasteiger partial charge is 0.273 e. The molecule has 3 nitrogen and oxygen atoms in total. The van der Waals surface area contributed by atoms with Crippen LogP contribution >= 0.6 is 0 Å². The Kier molecular flexibility index (Phi) is 5.53. The fourth-order valence-corrected chi connectivity index (χ4v) is 4.35. The third-order valence-corrected chi connectivity index (χ3v) is 6.36. The van der Waals surface area contributed by atoms with Crippen molar-refractivity contribution < 1.29 is 4.79 Å². The van der Waals surface area contributed by atoms with Crippen molar-refractivity contribution in [3.05, 3.63) is 107 Å². The van der Waals surface area contributed by atoms with Gasteiger partial charge in [-0.1, -0.05) is 106 Å². The topological polar surface area (TPSA) is 41.5 Å². The van der Waals surface area contributed by atoms with E-state index in [4.69, 9.17) is 0 Å². The first-order chi connectivity index (χ1) is 14.8. The van der Waals surface area contributed by atoms with Gasteiger partial charge in [-0.05, 0) is 41.0 Å². The normalized spacial score (nSPS) is 17.8. The number of hydrogen-bond donors (Lipinski definition) is 1. The lowest BCUT2D eigenvalue weighted by Gasteiger charge is -2.19. The van der Waals surface area contributed by atoms with Crippen molar-refractivity contribution in [1.29, 1.82) is 0 Å². The van der Waals surface area contributed by atoms with Crippen molar-refractivity contribution in [2.24, 2.45) is 11.0 Å². The summed E-state index contributed by atoms with van der Waals surface area (Å²) in [5.41, 5.74) is 8.13. The van der Waals surface area contributed by atoms with Gasteiger partial charge in [-0.15, -0.1) is 0 Å². The third kappa shape index (κ3) is 4.18. The highest BCUT2D eigenvalue weighted by Gasteiger charge is 2.60. The van der Waals surface area contributed by atoms with Crippen LogP contribution in [-0.4, -0.2) is 11.6 Å². The number of rotatable bonds is 5. The average Bonchev–Trinajstić information content (AvgIpc) is 3.55. The molecule has 0 aliphatic heterocycles. The van der Waals surface area contributed by atoms with Crippen molar-refractivity contribution in [2.45, 2.75) is 44.9 Å². The lowest BCUT2D eigenvalue weighted by atomic mass is 9.85. The molecule has 0 saturated heterocycles. The summed E-state index contributed by atoms with van der Waals surface area (Å²) in [5.74, 6) is -0.157. The van der Waals surface area contributed by atoms with E-state index in [-0.39, 0.29) is 22.7 Å². The van der Waals surface area contributed by atoms with Gasteiger partial charge in [-0.25, -0.2) is 5.43 Å². The first kappa shape index (κ1) is 21.0. The average molecular weight is 411 g/mol. The van der Waals surface area contributed by atoms with E-state index in [0.29, 0.717) is 0 Å². The van der Waals surface area contributed by atoms with Crippen LogP contribution in [-0.2, 0) is 15.6 Å².